The second-order valence-corrected chi connectivity index (χ2v) is 8.92. The molecule has 2 rings (SSSR count). The zero-order valence-corrected chi connectivity index (χ0v) is 15.4. The van der Waals surface area contributed by atoms with Crippen LogP contribution in [0.3, 0.4) is 0 Å². The Kier molecular flexibility index (Phi) is 6.04. The van der Waals surface area contributed by atoms with Gasteiger partial charge in [-0.15, -0.1) is 0 Å². The molecule has 0 heterocycles. The lowest BCUT2D eigenvalue weighted by molar-refractivity contribution is 0.354. The molecule has 0 aliphatic heterocycles. The Morgan fingerprint density at radius 1 is 0.840 bits per heavy atom. The van der Waals surface area contributed by atoms with Crippen molar-refractivity contribution in [2.24, 2.45) is 0 Å². The molecule has 7 nitrogen and oxygen atoms in total. The van der Waals surface area contributed by atoms with E-state index in [0.717, 1.165) is 0 Å². The molecule has 25 heavy (non-hydrogen) atoms. The van der Waals surface area contributed by atoms with Gasteiger partial charge in [0.15, 0.2) is 21.3 Å². The molecule has 0 saturated heterocycles. The van der Waals surface area contributed by atoms with Gasteiger partial charge in [-0.05, 0) is 24.3 Å². The third-order valence-electron chi connectivity index (χ3n) is 3.43. The largest absolute Gasteiger partial charge is 0.493 e. The average molecular weight is 385 g/mol. The van der Waals surface area contributed by atoms with Crippen molar-refractivity contribution in [2.75, 3.05) is 26.5 Å². The fraction of sp³-hybridized carbons (Fsp3) is 0.250. The second-order valence-electron chi connectivity index (χ2n) is 5.05. The van der Waals surface area contributed by atoms with Gasteiger partial charge in [-0.3, -0.25) is 0 Å². The molecule has 1 N–H and O–H groups in total. The van der Waals surface area contributed by atoms with Crippen LogP contribution in [0, 0.1) is 0 Å². The van der Waals surface area contributed by atoms with E-state index in [9.17, 15) is 16.8 Å². The number of rotatable bonds is 8. The highest BCUT2D eigenvalue weighted by atomic mass is 32.2. The van der Waals surface area contributed by atoms with E-state index in [-0.39, 0.29) is 27.8 Å². The van der Waals surface area contributed by atoms with Crippen LogP contribution < -0.4 is 14.2 Å². The first-order valence-corrected chi connectivity index (χ1v) is 10.4. The predicted octanol–water partition coefficient (Wildman–Crippen LogP) is 1.46. The Morgan fingerprint density at radius 2 is 1.48 bits per heavy atom. The number of methoxy groups -OCH3 is 2. The smallest absolute Gasteiger partial charge is 0.240 e. The van der Waals surface area contributed by atoms with Gasteiger partial charge in [0.05, 0.1) is 29.8 Å². The first kappa shape index (κ1) is 19.2. The third-order valence-corrected chi connectivity index (χ3v) is 6.62. The first-order valence-electron chi connectivity index (χ1n) is 7.29. The Labute approximate surface area is 147 Å². The van der Waals surface area contributed by atoms with Crippen molar-refractivity contribution in [2.45, 2.75) is 9.79 Å². The summed E-state index contributed by atoms with van der Waals surface area (Å²) in [6.45, 7) is -0.242. The summed E-state index contributed by atoms with van der Waals surface area (Å²) in [5.74, 6) is 0.314. The molecule has 0 aliphatic carbocycles. The normalized spacial score (nSPS) is 11.9. The lowest BCUT2D eigenvalue weighted by Crippen LogP contribution is -2.29. The van der Waals surface area contributed by atoms with Crippen LogP contribution in [0.1, 0.15) is 0 Å². The van der Waals surface area contributed by atoms with E-state index in [1.165, 1.54) is 44.6 Å². The number of ether oxygens (including phenoxy) is 2. The van der Waals surface area contributed by atoms with Crippen molar-refractivity contribution < 1.29 is 26.3 Å². The Balaban J connectivity index is 2.10. The molecular formula is C16H19NO6S2. The molecule has 0 radical (unpaired) electrons. The third kappa shape index (κ3) is 4.71. The maximum Gasteiger partial charge on any atom is 0.240 e. The maximum atomic E-state index is 12.4. The number of sulfonamides is 1. The highest BCUT2D eigenvalue weighted by Crippen LogP contribution is 2.29. The van der Waals surface area contributed by atoms with Crippen LogP contribution in [-0.2, 0) is 19.9 Å². The number of hydrogen-bond acceptors (Lipinski definition) is 6. The Hall–Kier alpha value is -2.10. The summed E-state index contributed by atoms with van der Waals surface area (Å²) in [5, 5.41) is 0. The molecule has 0 spiro atoms. The molecule has 0 fully saturated rings. The van der Waals surface area contributed by atoms with Crippen LogP contribution in [-0.4, -0.2) is 43.4 Å². The zero-order valence-electron chi connectivity index (χ0n) is 13.8. The number of sulfone groups is 1. The Bertz CT molecular complexity index is 924. The standard InChI is InChI=1S/C16H19NO6S2/c1-22-15-9-8-14(12-16(15)23-2)24(18,19)11-10-17-25(20,21)13-6-4-3-5-7-13/h3-9,12,17H,10-11H2,1-2H3. The van der Waals surface area contributed by atoms with Gasteiger partial charge >= 0.3 is 0 Å². The lowest BCUT2D eigenvalue weighted by Gasteiger charge is -2.11. The fourth-order valence-electron chi connectivity index (χ4n) is 2.12. The molecule has 0 bridgehead atoms. The summed E-state index contributed by atoms with van der Waals surface area (Å²) in [5.41, 5.74) is 0. The van der Waals surface area contributed by atoms with Crippen LogP contribution in [0.4, 0.5) is 0 Å². The Morgan fingerprint density at radius 3 is 2.08 bits per heavy atom. The van der Waals surface area contributed by atoms with Crippen molar-refractivity contribution in [3.05, 3.63) is 48.5 Å². The highest BCUT2D eigenvalue weighted by molar-refractivity contribution is 7.91. The van der Waals surface area contributed by atoms with Gasteiger partial charge in [0.25, 0.3) is 0 Å². The van der Waals surface area contributed by atoms with Crippen LogP contribution in [0.15, 0.2) is 58.3 Å². The SMILES string of the molecule is COc1ccc(S(=O)(=O)CCNS(=O)(=O)c2ccccc2)cc1OC. The minimum absolute atomic E-state index is 0.0315. The van der Waals surface area contributed by atoms with E-state index < -0.39 is 19.9 Å². The van der Waals surface area contributed by atoms with Gasteiger partial charge in [0.1, 0.15) is 0 Å². The quantitative estimate of drug-likeness (QED) is 0.739. The van der Waals surface area contributed by atoms with E-state index in [1.807, 2.05) is 0 Å². The van der Waals surface area contributed by atoms with Crippen LogP contribution in [0.2, 0.25) is 0 Å². The molecule has 0 unspecified atom stereocenters. The number of benzene rings is 2. The van der Waals surface area contributed by atoms with Gasteiger partial charge in [-0.1, -0.05) is 18.2 Å². The van der Waals surface area contributed by atoms with Crippen LogP contribution in [0.25, 0.3) is 0 Å². The number of nitrogens with one attached hydrogen (secondary N) is 1. The van der Waals surface area contributed by atoms with Gasteiger partial charge in [0.2, 0.25) is 10.0 Å². The molecule has 0 saturated carbocycles. The molecule has 9 heteroatoms. The summed E-state index contributed by atoms with van der Waals surface area (Å²) in [6, 6.07) is 12.0. The zero-order chi connectivity index (χ0) is 18.5. The fourth-order valence-corrected chi connectivity index (χ4v) is 4.47. The monoisotopic (exact) mass is 385 g/mol. The van der Waals surface area contributed by atoms with Crippen LogP contribution >= 0.6 is 0 Å². The molecule has 0 aliphatic rings. The maximum absolute atomic E-state index is 12.4. The van der Waals surface area contributed by atoms with Gasteiger partial charge in [-0.2, -0.15) is 0 Å². The minimum Gasteiger partial charge on any atom is -0.493 e. The summed E-state index contributed by atoms with van der Waals surface area (Å²) in [6.07, 6.45) is 0. The number of hydrogen-bond donors (Lipinski definition) is 1. The van der Waals surface area contributed by atoms with Gasteiger partial charge < -0.3 is 9.47 Å². The van der Waals surface area contributed by atoms with E-state index >= 15 is 0 Å². The first-order chi connectivity index (χ1) is 11.8. The van der Waals surface area contributed by atoms with Gasteiger partial charge in [-0.25, -0.2) is 21.6 Å². The highest BCUT2D eigenvalue weighted by Gasteiger charge is 2.19. The summed E-state index contributed by atoms with van der Waals surface area (Å²) in [4.78, 5) is 0.113. The topological polar surface area (TPSA) is 98.8 Å². The van der Waals surface area contributed by atoms with Crippen molar-refractivity contribution in [3.63, 3.8) is 0 Å². The van der Waals surface area contributed by atoms with Crippen molar-refractivity contribution >= 4 is 19.9 Å². The van der Waals surface area contributed by atoms with Crippen molar-refractivity contribution in [1.82, 2.24) is 4.72 Å². The van der Waals surface area contributed by atoms with Crippen LogP contribution in [0.5, 0.6) is 11.5 Å². The van der Waals surface area contributed by atoms with Crippen molar-refractivity contribution in [1.29, 1.82) is 0 Å². The predicted molar refractivity (Wildman–Crippen MR) is 93.2 cm³/mol. The summed E-state index contributed by atoms with van der Waals surface area (Å²) >= 11 is 0. The molecule has 2 aromatic carbocycles. The second kappa shape index (κ2) is 7.85. The minimum atomic E-state index is -3.75. The lowest BCUT2D eigenvalue weighted by atomic mass is 10.3. The summed E-state index contributed by atoms with van der Waals surface area (Å²) < 4.78 is 61.4. The molecule has 136 valence electrons. The molecule has 0 amide bonds. The van der Waals surface area contributed by atoms with E-state index in [1.54, 1.807) is 18.2 Å². The molecular weight excluding hydrogens is 366 g/mol. The molecule has 0 aromatic heterocycles. The van der Waals surface area contributed by atoms with E-state index in [2.05, 4.69) is 4.72 Å². The van der Waals surface area contributed by atoms with Crippen molar-refractivity contribution in [3.8, 4) is 11.5 Å². The van der Waals surface area contributed by atoms with Gasteiger partial charge in [0, 0.05) is 12.6 Å². The molecule has 2 aromatic rings. The average Bonchev–Trinajstić information content (AvgIpc) is 2.61. The molecule has 0 atom stereocenters. The van der Waals surface area contributed by atoms with E-state index in [0.29, 0.717) is 5.75 Å². The van der Waals surface area contributed by atoms with E-state index in [4.69, 9.17) is 9.47 Å². The summed E-state index contributed by atoms with van der Waals surface area (Å²) in [7, 11) is -4.58.